The standard InChI is InChI=1S/C28H37N3O.C2H6/c1-21-10-11-27(30-19-21)28(26-9-4-6-22(2)23(26)3)25-8-5-7-24(18-25)20-29-12-13-31-14-16-32-17-15-31;1-2/h4-9,11,18-19,21,28-29H,10,12-17,20H2,1-3H3;1-2H3. The highest BCUT2D eigenvalue weighted by molar-refractivity contribution is 5.65. The van der Waals surface area contributed by atoms with E-state index in [0.29, 0.717) is 5.92 Å². The number of aryl methyl sites for hydroxylation is 1. The van der Waals surface area contributed by atoms with Crippen LogP contribution in [-0.4, -0.2) is 50.5 Å². The first-order valence-electron chi connectivity index (χ1n) is 13.0. The van der Waals surface area contributed by atoms with E-state index in [1.165, 1.54) is 33.5 Å². The fraction of sp³-hybridized carbons (Fsp3) is 0.500. The van der Waals surface area contributed by atoms with E-state index in [9.17, 15) is 0 Å². The highest BCUT2D eigenvalue weighted by Crippen LogP contribution is 2.37. The van der Waals surface area contributed by atoms with E-state index in [2.05, 4.69) is 85.7 Å². The minimum atomic E-state index is 0.173. The number of nitrogens with one attached hydrogen (secondary N) is 1. The van der Waals surface area contributed by atoms with Crippen LogP contribution in [0, 0.1) is 19.8 Å². The highest BCUT2D eigenvalue weighted by atomic mass is 16.5. The van der Waals surface area contributed by atoms with Gasteiger partial charge >= 0.3 is 0 Å². The lowest BCUT2D eigenvalue weighted by Crippen LogP contribution is -2.40. The Morgan fingerprint density at radius 3 is 2.59 bits per heavy atom. The summed E-state index contributed by atoms with van der Waals surface area (Å²) in [6.07, 6.45) is 5.51. The molecule has 4 rings (SSSR count). The maximum atomic E-state index is 5.44. The quantitative estimate of drug-likeness (QED) is 0.499. The summed E-state index contributed by atoms with van der Waals surface area (Å²) in [6, 6.07) is 15.7. The van der Waals surface area contributed by atoms with Gasteiger partial charge in [0.1, 0.15) is 0 Å². The fourth-order valence-corrected chi connectivity index (χ4v) is 4.60. The SMILES string of the molecule is CC.Cc1cccc(C(C2=CCC(C)C=N2)c2cccc(CNCCN3CCOCC3)c2)c1C. The molecule has 2 atom stereocenters. The van der Waals surface area contributed by atoms with Crippen LogP contribution in [0.5, 0.6) is 0 Å². The molecule has 2 aromatic rings. The Balaban J connectivity index is 0.00000158. The lowest BCUT2D eigenvalue weighted by atomic mass is 9.83. The number of nitrogens with zero attached hydrogens (tertiary/aromatic N) is 2. The van der Waals surface area contributed by atoms with Gasteiger partial charge in [0.25, 0.3) is 0 Å². The molecule has 2 aliphatic heterocycles. The van der Waals surface area contributed by atoms with Gasteiger partial charge in [-0.25, -0.2) is 0 Å². The number of ether oxygens (including phenoxy) is 1. The molecule has 0 radical (unpaired) electrons. The summed E-state index contributed by atoms with van der Waals surface area (Å²) in [7, 11) is 0. The number of aliphatic imine (C=N–C) groups is 1. The second-order valence-electron chi connectivity index (χ2n) is 9.22. The number of allylic oxidation sites excluding steroid dienone is 2. The summed E-state index contributed by atoms with van der Waals surface area (Å²) < 4.78 is 5.44. The van der Waals surface area contributed by atoms with Crippen LogP contribution in [0.25, 0.3) is 0 Å². The maximum absolute atomic E-state index is 5.44. The predicted octanol–water partition coefficient (Wildman–Crippen LogP) is 5.88. The molecule has 0 aliphatic carbocycles. The van der Waals surface area contributed by atoms with Gasteiger partial charge in [0.2, 0.25) is 0 Å². The molecule has 1 saturated heterocycles. The minimum Gasteiger partial charge on any atom is -0.379 e. The van der Waals surface area contributed by atoms with E-state index in [1.807, 2.05) is 13.8 Å². The van der Waals surface area contributed by atoms with Crippen LogP contribution in [-0.2, 0) is 11.3 Å². The molecule has 2 heterocycles. The molecule has 184 valence electrons. The minimum absolute atomic E-state index is 0.173. The van der Waals surface area contributed by atoms with Gasteiger partial charge in [-0.15, -0.1) is 0 Å². The molecular weight excluding hydrogens is 418 g/mol. The van der Waals surface area contributed by atoms with Crippen molar-refractivity contribution in [3.63, 3.8) is 0 Å². The van der Waals surface area contributed by atoms with Crippen LogP contribution in [0.1, 0.15) is 60.9 Å². The molecule has 4 heteroatoms. The first-order valence-corrected chi connectivity index (χ1v) is 13.0. The first kappa shape index (κ1) is 26.3. The molecule has 0 saturated carbocycles. The van der Waals surface area contributed by atoms with E-state index >= 15 is 0 Å². The normalized spacial score (nSPS) is 19.2. The lowest BCUT2D eigenvalue weighted by Gasteiger charge is -2.26. The second kappa shape index (κ2) is 13.6. The molecule has 34 heavy (non-hydrogen) atoms. The molecule has 0 aromatic heterocycles. The van der Waals surface area contributed by atoms with Crippen LogP contribution >= 0.6 is 0 Å². The largest absolute Gasteiger partial charge is 0.379 e. The van der Waals surface area contributed by atoms with Gasteiger partial charge in [0, 0.05) is 44.6 Å². The Hall–Kier alpha value is -2.27. The van der Waals surface area contributed by atoms with E-state index in [1.54, 1.807) is 0 Å². The van der Waals surface area contributed by atoms with Crippen LogP contribution in [0.3, 0.4) is 0 Å². The van der Waals surface area contributed by atoms with Gasteiger partial charge in [-0.2, -0.15) is 0 Å². The second-order valence-corrected chi connectivity index (χ2v) is 9.22. The third-order valence-electron chi connectivity index (χ3n) is 6.75. The zero-order chi connectivity index (χ0) is 24.3. The monoisotopic (exact) mass is 461 g/mol. The number of hydrogen-bond acceptors (Lipinski definition) is 4. The van der Waals surface area contributed by atoms with Gasteiger partial charge in [0.15, 0.2) is 0 Å². The van der Waals surface area contributed by atoms with E-state index < -0.39 is 0 Å². The average Bonchev–Trinajstić information content (AvgIpc) is 2.88. The third-order valence-corrected chi connectivity index (χ3v) is 6.75. The lowest BCUT2D eigenvalue weighted by molar-refractivity contribution is 0.0384. The fourth-order valence-electron chi connectivity index (χ4n) is 4.60. The molecule has 4 nitrogen and oxygen atoms in total. The predicted molar refractivity (Wildman–Crippen MR) is 145 cm³/mol. The van der Waals surface area contributed by atoms with Crippen molar-refractivity contribution in [1.29, 1.82) is 0 Å². The molecule has 1 fully saturated rings. The van der Waals surface area contributed by atoms with Crippen molar-refractivity contribution >= 4 is 6.21 Å². The maximum Gasteiger partial charge on any atom is 0.0594 e. The molecule has 0 bridgehead atoms. The summed E-state index contributed by atoms with van der Waals surface area (Å²) >= 11 is 0. The molecular formula is C30H43N3O. The number of benzene rings is 2. The summed E-state index contributed by atoms with van der Waals surface area (Å²) in [5, 5.41) is 3.63. The topological polar surface area (TPSA) is 36.9 Å². The summed E-state index contributed by atoms with van der Waals surface area (Å²) in [5.41, 5.74) is 7.88. The van der Waals surface area contributed by atoms with Crippen molar-refractivity contribution in [2.45, 2.75) is 53.5 Å². The molecule has 0 spiro atoms. The van der Waals surface area contributed by atoms with Gasteiger partial charge in [0.05, 0.1) is 19.1 Å². The summed E-state index contributed by atoms with van der Waals surface area (Å²) in [5.74, 6) is 0.687. The molecule has 2 aromatic carbocycles. The molecule has 2 aliphatic rings. The Bertz CT molecular complexity index is 959. The Labute approximate surface area is 207 Å². The van der Waals surface area contributed by atoms with E-state index in [0.717, 1.165) is 52.4 Å². The van der Waals surface area contributed by atoms with Crippen LogP contribution in [0.15, 0.2) is 59.2 Å². The highest BCUT2D eigenvalue weighted by Gasteiger charge is 2.23. The van der Waals surface area contributed by atoms with E-state index in [-0.39, 0.29) is 5.92 Å². The van der Waals surface area contributed by atoms with Gasteiger partial charge in [-0.05, 0) is 54.0 Å². The third kappa shape index (κ3) is 7.11. The van der Waals surface area contributed by atoms with Crippen molar-refractivity contribution in [3.8, 4) is 0 Å². The smallest absolute Gasteiger partial charge is 0.0594 e. The van der Waals surface area contributed by atoms with Gasteiger partial charge < -0.3 is 10.1 Å². The van der Waals surface area contributed by atoms with Gasteiger partial charge in [-0.1, -0.05) is 69.3 Å². The Kier molecular flexibility index (Phi) is 10.5. The Morgan fingerprint density at radius 1 is 1.09 bits per heavy atom. The first-order chi connectivity index (χ1) is 16.6. The van der Waals surface area contributed by atoms with Crippen molar-refractivity contribution in [2.24, 2.45) is 10.9 Å². The summed E-state index contributed by atoms with van der Waals surface area (Å²) in [4.78, 5) is 7.37. The number of morpholine rings is 1. The van der Waals surface area contributed by atoms with Crippen molar-refractivity contribution in [2.75, 3.05) is 39.4 Å². The summed E-state index contributed by atoms with van der Waals surface area (Å²) in [6.45, 7) is 17.4. The van der Waals surface area contributed by atoms with Crippen molar-refractivity contribution in [1.82, 2.24) is 10.2 Å². The van der Waals surface area contributed by atoms with Crippen LogP contribution in [0.2, 0.25) is 0 Å². The van der Waals surface area contributed by atoms with Crippen LogP contribution in [0.4, 0.5) is 0 Å². The van der Waals surface area contributed by atoms with E-state index in [4.69, 9.17) is 9.73 Å². The zero-order valence-electron chi connectivity index (χ0n) is 21.8. The van der Waals surface area contributed by atoms with Gasteiger partial charge in [-0.3, -0.25) is 9.89 Å². The molecule has 0 amide bonds. The molecule has 1 N–H and O–H groups in total. The number of hydrogen-bond donors (Lipinski definition) is 1. The van der Waals surface area contributed by atoms with Crippen molar-refractivity contribution in [3.05, 3.63) is 82.1 Å². The van der Waals surface area contributed by atoms with Crippen molar-refractivity contribution < 1.29 is 4.74 Å². The molecule has 2 unspecified atom stereocenters. The number of rotatable bonds is 8. The van der Waals surface area contributed by atoms with Crippen LogP contribution < -0.4 is 5.32 Å². The Morgan fingerprint density at radius 2 is 1.85 bits per heavy atom. The average molecular weight is 462 g/mol. The zero-order valence-corrected chi connectivity index (χ0v) is 21.8.